The Morgan fingerprint density at radius 3 is 2.47 bits per heavy atom. The zero-order chi connectivity index (χ0) is 12.4. The van der Waals surface area contributed by atoms with Crippen LogP contribution in [0.4, 0.5) is 0 Å². The van der Waals surface area contributed by atoms with Gasteiger partial charge in [0.1, 0.15) is 11.5 Å². The van der Waals surface area contributed by atoms with Gasteiger partial charge in [0.2, 0.25) is 0 Å². The first-order valence-corrected chi connectivity index (χ1v) is 6.37. The molecule has 0 fully saturated rings. The Balaban J connectivity index is 2.35. The van der Waals surface area contributed by atoms with Crippen LogP contribution in [-0.4, -0.2) is 7.11 Å². The van der Waals surface area contributed by atoms with Crippen LogP contribution in [0.5, 0.6) is 5.75 Å². The smallest absolute Gasteiger partial charge is 0.124 e. The van der Waals surface area contributed by atoms with Gasteiger partial charge in [-0.1, -0.05) is 28.1 Å². The van der Waals surface area contributed by atoms with E-state index < -0.39 is 0 Å². The number of alkyl halides is 1. The molecule has 0 bridgehead atoms. The van der Waals surface area contributed by atoms with Gasteiger partial charge < -0.3 is 9.15 Å². The summed E-state index contributed by atoms with van der Waals surface area (Å²) in [4.78, 5) is 0.0853. The number of rotatable bonds is 3. The van der Waals surface area contributed by atoms with Crippen molar-refractivity contribution in [3.63, 3.8) is 0 Å². The maximum atomic E-state index is 5.50. The van der Waals surface area contributed by atoms with Crippen LogP contribution in [-0.2, 0) is 0 Å². The summed E-state index contributed by atoms with van der Waals surface area (Å²) >= 11 is 3.67. The molecule has 0 aliphatic rings. The summed E-state index contributed by atoms with van der Waals surface area (Å²) in [5.74, 6) is 1.86. The average molecular weight is 295 g/mol. The molecular weight excluding hydrogens is 280 g/mol. The molecular formula is C14H15BrO2. The number of hydrogen-bond acceptors (Lipinski definition) is 2. The monoisotopic (exact) mass is 294 g/mol. The van der Waals surface area contributed by atoms with Gasteiger partial charge in [0.15, 0.2) is 0 Å². The van der Waals surface area contributed by atoms with E-state index in [0.717, 1.165) is 22.6 Å². The summed E-state index contributed by atoms with van der Waals surface area (Å²) in [5.41, 5.74) is 3.44. The standard InChI is InChI=1S/C14H15BrO2/c1-9-6-7-17-14(9)13(15)11-4-5-12(16-3)10(2)8-11/h4-8,13H,1-3H3. The number of benzene rings is 1. The first-order chi connectivity index (χ1) is 8.13. The Bertz CT molecular complexity index is 517. The summed E-state index contributed by atoms with van der Waals surface area (Å²) < 4.78 is 10.8. The summed E-state index contributed by atoms with van der Waals surface area (Å²) in [6.07, 6.45) is 1.72. The minimum atomic E-state index is 0.0853. The summed E-state index contributed by atoms with van der Waals surface area (Å²) in [6, 6.07) is 8.12. The van der Waals surface area contributed by atoms with Crippen molar-refractivity contribution in [2.24, 2.45) is 0 Å². The third-order valence-corrected chi connectivity index (χ3v) is 3.79. The fourth-order valence-electron chi connectivity index (χ4n) is 1.85. The Morgan fingerprint density at radius 1 is 1.18 bits per heavy atom. The van der Waals surface area contributed by atoms with Crippen molar-refractivity contribution < 1.29 is 9.15 Å². The van der Waals surface area contributed by atoms with Crippen molar-refractivity contribution in [1.29, 1.82) is 0 Å². The topological polar surface area (TPSA) is 22.4 Å². The highest BCUT2D eigenvalue weighted by Crippen LogP contribution is 2.35. The van der Waals surface area contributed by atoms with E-state index in [1.807, 2.05) is 32.0 Å². The maximum absolute atomic E-state index is 5.50. The van der Waals surface area contributed by atoms with Gasteiger partial charge >= 0.3 is 0 Å². The van der Waals surface area contributed by atoms with E-state index in [1.54, 1.807) is 13.4 Å². The number of hydrogen-bond donors (Lipinski definition) is 0. The number of furan rings is 1. The average Bonchev–Trinajstić information content (AvgIpc) is 2.74. The van der Waals surface area contributed by atoms with Crippen LogP contribution in [0.1, 0.15) is 27.3 Å². The minimum absolute atomic E-state index is 0.0853. The Labute approximate surface area is 110 Å². The van der Waals surface area contributed by atoms with E-state index in [4.69, 9.17) is 9.15 Å². The highest BCUT2D eigenvalue weighted by molar-refractivity contribution is 9.09. The van der Waals surface area contributed by atoms with Gasteiger partial charge in [0.05, 0.1) is 18.2 Å². The molecule has 3 heteroatoms. The molecule has 2 rings (SSSR count). The molecule has 17 heavy (non-hydrogen) atoms. The fraction of sp³-hybridized carbons (Fsp3) is 0.286. The van der Waals surface area contributed by atoms with E-state index in [2.05, 4.69) is 22.0 Å². The molecule has 0 spiro atoms. The third kappa shape index (κ3) is 2.39. The lowest BCUT2D eigenvalue weighted by Crippen LogP contribution is -1.95. The molecule has 1 atom stereocenters. The Kier molecular flexibility index (Phi) is 3.57. The molecule has 0 aliphatic heterocycles. The lowest BCUT2D eigenvalue weighted by molar-refractivity contribution is 0.411. The Hall–Kier alpha value is -1.22. The van der Waals surface area contributed by atoms with Crippen molar-refractivity contribution >= 4 is 15.9 Å². The maximum Gasteiger partial charge on any atom is 0.124 e. The van der Waals surface area contributed by atoms with E-state index in [9.17, 15) is 0 Å². The van der Waals surface area contributed by atoms with Crippen LogP contribution >= 0.6 is 15.9 Å². The predicted molar refractivity (Wildman–Crippen MR) is 71.9 cm³/mol. The molecule has 0 saturated heterocycles. The second-order valence-electron chi connectivity index (χ2n) is 4.06. The molecule has 2 nitrogen and oxygen atoms in total. The summed E-state index contributed by atoms with van der Waals surface area (Å²) in [7, 11) is 1.68. The van der Waals surface area contributed by atoms with Crippen molar-refractivity contribution in [2.75, 3.05) is 7.11 Å². The van der Waals surface area contributed by atoms with Crippen LogP contribution < -0.4 is 4.74 Å². The summed E-state index contributed by atoms with van der Waals surface area (Å²) in [5, 5.41) is 0. The number of methoxy groups -OCH3 is 1. The van der Waals surface area contributed by atoms with Crippen molar-refractivity contribution in [3.8, 4) is 5.75 Å². The molecule has 1 aromatic heterocycles. The predicted octanol–water partition coefficient (Wildman–Crippen LogP) is 4.39. The lowest BCUT2D eigenvalue weighted by atomic mass is 10.1. The molecule has 0 N–H and O–H groups in total. The molecule has 1 unspecified atom stereocenters. The van der Waals surface area contributed by atoms with E-state index >= 15 is 0 Å². The van der Waals surface area contributed by atoms with Crippen molar-refractivity contribution in [2.45, 2.75) is 18.7 Å². The van der Waals surface area contributed by atoms with Gasteiger partial charge in [-0.25, -0.2) is 0 Å². The first-order valence-electron chi connectivity index (χ1n) is 5.46. The highest BCUT2D eigenvalue weighted by atomic mass is 79.9. The van der Waals surface area contributed by atoms with Crippen LogP contribution in [0, 0.1) is 13.8 Å². The van der Waals surface area contributed by atoms with Gasteiger partial charge in [0, 0.05) is 0 Å². The molecule has 90 valence electrons. The molecule has 0 saturated carbocycles. The first kappa shape index (κ1) is 12.2. The Morgan fingerprint density at radius 2 is 1.94 bits per heavy atom. The number of ether oxygens (including phenoxy) is 1. The zero-order valence-electron chi connectivity index (χ0n) is 10.2. The SMILES string of the molecule is COc1ccc(C(Br)c2occc2C)cc1C. The van der Waals surface area contributed by atoms with Crippen LogP contribution in [0.25, 0.3) is 0 Å². The van der Waals surface area contributed by atoms with E-state index in [1.165, 1.54) is 5.56 Å². The zero-order valence-corrected chi connectivity index (χ0v) is 11.7. The molecule has 2 aromatic rings. The van der Waals surface area contributed by atoms with E-state index in [0.29, 0.717) is 0 Å². The second kappa shape index (κ2) is 4.96. The van der Waals surface area contributed by atoms with Crippen molar-refractivity contribution in [1.82, 2.24) is 0 Å². The van der Waals surface area contributed by atoms with Crippen LogP contribution in [0.2, 0.25) is 0 Å². The van der Waals surface area contributed by atoms with Gasteiger partial charge in [-0.15, -0.1) is 0 Å². The number of halogens is 1. The molecule has 0 amide bonds. The van der Waals surface area contributed by atoms with Gasteiger partial charge in [-0.05, 0) is 42.7 Å². The number of aryl methyl sites for hydroxylation is 2. The van der Waals surface area contributed by atoms with Gasteiger partial charge in [0.25, 0.3) is 0 Å². The minimum Gasteiger partial charge on any atom is -0.496 e. The molecule has 0 radical (unpaired) electrons. The normalized spacial score (nSPS) is 12.5. The summed E-state index contributed by atoms with van der Waals surface area (Å²) in [6.45, 7) is 4.08. The fourth-order valence-corrected chi connectivity index (χ4v) is 2.61. The van der Waals surface area contributed by atoms with Crippen LogP contribution in [0.3, 0.4) is 0 Å². The highest BCUT2D eigenvalue weighted by Gasteiger charge is 2.16. The van der Waals surface area contributed by atoms with Crippen molar-refractivity contribution in [3.05, 3.63) is 53.0 Å². The molecule has 0 aliphatic carbocycles. The largest absolute Gasteiger partial charge is 0.496 e. The van der Waals surface area contributed by atoms with Crippen LogP contribution in [0.15, 0.2) is 34.9 Å². The van der Waals surface area contributed by atoms with Gasteiger partial charge in [-0.2, -0.15) is 0 Å². The lowest BCUT2D eigenvalue weighted by Gasteiger charge is -2.11. The second-order valence-corrected chi connectivity index (χ2v) is 4.98. The third-order valence-electron chi connectivity index (χ3n) is 2.84. The molecule has 1 heterocycles. The van der Waals surface area contributed by atoms with Gasteiger partial charge in [-0.3, -0.25) is 0 Å². The molecule has 1 aromatic carbocycles. The quantitative estimate of drug-likeness (QED) is 0.784. The van der Waals surface area contributed by atoms with E-state index in [-0.39, 0.29) is 4.83 Å².